The lowest BCUT2D eigenvalue weighted by Crippen LogP contribution is -2.30. The summed E-state index contributed by atoms with van der Waals surface area (Å²) >= 11 is 0. The summed E-state index contributed by atoms with van der Waals surface area (Å²) in [6, 6.07) is 0. The van der Waals surface area contributed by atoms with Crippen LogP contribution in [0.4, 0.5) is 0 Å². The van der Waals surface area contributed by atoms with E-state index < -0.39 is 97.5 Å². The molecule has 0 radical (unpaired) electrons. The molecule has 0 saturated carbocycles. The van der Waals surface area contributed by atoms with Crippen molar-refractivity contribution in [1.82, 2.24) is 0 Å². The van der Waals surface area contributed by atoms with E-state index in [4.69, 9.17) is 37.0 Å². The third kappa shape index (κ3) is 61.6. The van der Waals surface area contributed by atoms with E-state index >= 15 is 0 Å². The van der Waals surface area contributed by atoms with Crippen LogP contribution < -0.4 is 0 Å². The van der Waals surface area contributed by atoms with E-state index in [0.717, 1.165) is 108 Å². The third-order valence-electron chi connectivity index (χ3n) is 16.2. The smallest absolute Gasteiger partial charge is 0.462 e. The first kappa shape index (κ1) is 86.1. The van der Waals surface area contributed by atoms with Gasteiger partial charge < -0.3 is 33.8 Å². The summed E-state index contributed by atoms with van der Waals surface area (Å²) in [5.41, 5.74) is 0. The predicted molar refractivity (Wildman–Crippen MR) is 354 cm³/mol. The van der Waals surface area contributed by atoms with Crippen LogP contribution in [0.15, 0.2) is 0 Å². The van der Waals surface area contributed by atoms with Gasteiger partial charge in [0.2, 0.25) is 0 Å². The molecular weight excluding hydrogens is 1160 g/mol. The minimum Gasteiger partial charge on any atom is -0.462 e. The van der Waals surface area contributed by atoms with Crippen molar-refractivity contribution in [1.29, 1.82) is 0 Å². The highest BCUT2D eigenvalue weighted by molar-refractivity contribution is 7.47. The zero-order valence-corrected chi connectivity index (χ0v) is 59.0. The highest BCUT2D eigenvalue weighted by atomic mass is 31.2. The molecule has 17 nitrogen and oxygen atoms in total. The summed E-state index contributed by atoms with van der Waals surface area (Å²) in [4.78, 5) is 72.4. The summed E-state index contributed by atoms with van der Waals surface area (Å²) in [5.74, 6) is 0.117. The molecule has 19 heteroatoms. The number of unbranched alkanes of at least 4 members (excludes halogenated alkanes) is 34. The molecule has 522 valence electrons. The molecule has 0 spiro atoms. The molecule has 0 saturated heterocycles. The number of hydrogen-bond acceptors (Lipinski definition) is 15. The second kappa shape index (κ2) is 60.0. The van der Waals surface area contributed by atoms with Crippen molar-refractivity contribution >= 4 is 39.5 Å². The molecule has 88 heavy (non-hydrogen) atoms. The second-order valence-electron chi connectivity index (χ2n) is 26.1. The van der Waals surface area contributed by atoms with E-state index in [0.29, 0.717) is 25.7 Å². The molecule has 0 aromatic rings. The van der Waals surface area contributed by atoms with Gasteiger partial charge in [0, 0.05) is 25.7 Å². The van der Waals surface area contributed by atoms with Crippen LogP contribution >= 0.6 is 15.6 Å². The van der Waals surface area contributed by atoms with Gasteiger partial charge in [-0.15, -0.1) is 0 Å². The molecule has 0 amide bonds. The Balaban J connectivity index is 5.21. The van der Waals surface area contributed by atoms with Gasteiger partial charge >= 0.3 is 39.5 Å². The van der Waals surface area contributed by atoms with Gasteiger partial charge in [-0.1, -0.05) is 292 Å². The molecule has 0 rings (SSSR count). The van der Waals surface area contributed by atoms with Crippen LogP contribution in [0.25, 0.3) is 0 Å². The van der Waals surface area contributed by atoms with Crippen molar-refractivity contribution in [3.8, 4) is 0 Å². The topological polar surface area (TPSA) is 237 Å². The molecular formula is C69H134O17P2. The first-order valence-corrected chi connectivity index (χ1v) is 38.9. The summed E-state index contributed by atoms with van der Waals surface area (Å²) in [6.07, 6.45) is 43.2. The lowest BCUT2D eigenvalue weighted by molar-refractivity contribution is -0.161. The van der Waals surface area contributed by atoms with Crippen LogP contribution in [-0.2, 0) is 65.4 Å². The first-order chi connectivity index (χ1) is 42.3. The van der Waals surface area contributed by atoms with Crippen LogP contribution in [0.2, 0.25) is 0 Å². The summed E-state index contributed by atoms with van der Waals surface area (Å²) in [7, 11) is -9.90. The number of esters is 4. The molecule has 0 aliphatic rings. The van der Waals surface area contributed by atoms with Crippen molar-refractivity contribution < 1.29 is 80.2 Å². The van der Waals surface area contributed by atoms with Crippen LogP contribution in [0, 0.1) is 17.8 Å². The monoisotopic (exact) mass is 1300 g/mol. The van der Waals surface area contributed by atoms with Crippen molar-refractivity contribution in [2.75, 3.05) is 39.6 Å². The van der Waals surface area contributed by atoms with Crippen molar-refractivity contribution in [2.24, 2.45) is 17.8 Å². The molecule has 0 aromatic heterocycles. The predicted octanol–water partition coefficient (Wildman–Crippen LogP) is 19.5. The Bertz CT molecular complexity index is 1730. The lowest BCUT2D eigenvalue weighted by Gasteiger charge is -2.21. The van der Waals surface area contributed by atoms with Crippen LogP contribution in [0.1, 0.15) is 344 Å². The number of aliphatic hydroxyl groups is 1. The number of aliphatic hydroxyl groups excluding tert-OH is 1. The molecule has 0 aliphatic carbocycles. The number of phosphoric acid groups is 2. The SMILES string of the molecule is CCCCCCCCCCCC(=O)OC[C@H](COP(=O)(O)OC[C@H](O)COP(=O)(O)OC[C@@H](COC(=O)CCCCCCCCCCC(C)C)OC(=O)CCCCCCCCCCCCCCCCCC(C)C)OC(=O)CCCCCCCCC(C)CC. The minimum atomic E-state index is -4.95. The average Bonchev–Trinajstić information content (AvgIpc) is 3.69. The highest BCUT2D eigenvalue weighted by Crippen LogP contribution is 2.45. The maximum atomic E-state index is 13.0. The van der Waals surface area contributed by atoms with Crippen LogP contribution in [-0.4, -0.2) is 96.7 Å². The Labute approximate surface area is 537 Å². The van der Waals surface area contributed by atoms with E-state index in [-0.39, 0.29) is 25.7 Å². The molecule has 3 N–H and O–H groups in total. The van der Waals surface area contributed by atoms with E-state index in [1.165, 1.54) is 154 Å². The maximum absolute atomic E-state index is 13.0. The van der Waals surface area contributed by atoms with Crippen molar-refractivity contribution in [2.45, 2.75) is 362 Å². The number of rotatable bonds is 67. The van der Waals surface area contributed by atoms with E-state index in [1.54, 1.807) is 0 Å². The zero-order chi connectivity index (χ0) is 65.2. The largest absolute Gasteiger partial charge is 0.472 e. The molecule has 3 unspecified atom stereocenters. The van der Waals surface area contributed by atoms with Gasteiger partial charge in [0.15, 0.2) is 12.2 Å². The Hall–Kier alpha value is -1.94. The Morgan fingerprint density at radius 3 is 0.864 bits per heavy atom. The fraction of sp³-hybridized carbons (Fsp3) is 0.942. The zero-order valence-electron chi connectivity index (χ0n) is 57.2. The Morgan fingerprint density at radius 1 is 0.330 bits per heavy atom. The van der Waals surface area contributed by atoms with Crippen molar-refractivity contribution in [3.05, 3.63) is 0 Å². The van der Waals surface area contributed by atoms with Gasteiger partial charge in [-0.25, -0.2) is 9.13 Å². The molecule has 0 heterocycles. The molecule has 0 aromatic carbocycles. The maximum Gasteiger partial charge on any atom is 0.472 e. The van der Waals surface area contributed by atoms with Gasteiger partial charge in [0.25, 0.3) is 0 Å². The van der Waals surface area contributed by atoms with E-state index in [2.05, 4.69) is 48.5 Å². The second-order valence-corrected chi connectivity index (χ2v) is 29.0. The number of hydrogen-bond donors (Lipinski definition) is 3. The van der Waals surface area contributed by atoms with Gasteiger partial charge in [-0.3, -0.25) is 37.3 Å². The molecule has 0 bridgehead atoms. The lowest BCUT2D eigenvalue weighted by atomic mass is 10.00. The normalized spacial score (nSPS) is 14.5. The van der Waals surface area contributed by atoms with E-state index in [1.807, 2.05) is 0 Å². The van der Waals surface area contributed by atoms with Gasteiger partial charge in [-0.05, 0) is 43.4 Å². The Morgan fingerprint density at radius 2 is 0.580 bits per heavy atom. The quantitative estimate of drug-likeness (QED) is 0.0222. The summed E-state index contributed by atoms with van der Waals surface area (Å²) in [6.45, 7) is 11.8. The Kier molecular flexibility index (Phi) is 58.7. The third-order valence-corrected chi connectivity index (χ3v) is 18.1. The number of carbonyl (C=O) groups excluding carboxylic acids is 4. The highest BCUT2D eigenvalue weighted by Gasteiger charge is 2.30. The summed E-state index contributed by atoms with van der Waals surface area (Å²) in [5, 5.41) is 10.6. The van der Waals surface area contributed by atoms with E-state index in [9.17, 15) is 43.2 Å². The molecule has 6 atom stereocenters. The molecule has 0 fully saturated rings. The van der Waals surface area contributed by atoms with Gasteiger partial charge in [-0.2, -0.15) is 0 Å². The first-order valence-electron chi connectivity index (χ1n) is 35.9. The summed E-state index contributed by atoms with van der Waals surface area (Å²) < 4.78 is 68.2. The standard InChI is InChI=1S/C69H134O17P2/c1-8-10-11-12-13-21-28-36-43-50-66(71)79-57-65(86-69(74)53-46-39-32-31-35-42-49-62(7)9-2)59-84-88(77,78)82-55-63(70)54-81-87(75,76)83-58-64(56-80-67(72)51-44-37-29-25-24-27-34-41-48-61(5)6)85-68(73)52-45-38-30-23-20-18-16-14-15-17-19-22-26-33-40-47-60(3)4/h60-65,70H,8-59H2,1-7H3,(H,75,76)(H,77,78)/t62?,63-,64-,65-/m1/s1. The fourth-order valence-electron chi connectivity index (χ4n) is 10.3. The van der Waals surface area contributed by atoms with Crippen LogP contribution in [0.5, 0.6) is 0 Å². The fourth-order valence-corrected chi connectivity index (χ4v) is 11.9. The van der Waals surface area contributed by atoms with Gasteiger partial charge in [0.05, 0.1) is 26.4 Å². The number of ether oxygens (including phenoxy) is 4. The van der Waals surface area contributed by atoms with Crippen LogP contribution in [0.3, 0.4) is 0 Å². The van der Waals surface area contributed by atoms with Crippen molar-refractivity contribution in [3.63, 3.8) is 0 Å². The number of phosphoric ester groups is 2. The van der Waals surface area contributed by atoms with Gasteiger partial charge in [0.1, 0.15) is 19.3 Å². The molecule has 0 aliphatic heterocycles. The minimum absolute atomic E-state index is 0.103. The average molecular weight is 1300 g/mol. The number of carbonyl (C=O) groups is 4.